The SMILES string of the molecule is CCc1nc2c(N)ncc(C3=CC(OC)=C(N4CCC(N5CCN(C)CC5)CC4)C(C)C3)c2nc1NC1CCC(C(N)=O)C1. The summed E-state index contributed by atoms with van der Waals surface area (Å²) in [6, 6.07) is 0.802. The smallest absolute Gasteiger partial charge is 0.220 e. The van der Waals surface area contributed by atoms with Crippen LogP contribution in [0.2, 0.25) is 0 Å². The van der Waals surface area contributed by atoms with E-state index < -0.39 is 0 Å². The van der Waals surface area contributed by atoms with E-state index >= 15 is 0 Å². The lowest BCUT2D eigenvalue weighted by Crippen LogP contribution is -2.52. The number of piperidine rings is 1. The minimum Gasteiger partial charge on any atom is -0.495 e. The molecule has 2 aromatic rings. The number of nitrogen functional groups attached to an aromatic ring is 1. The number of aromatic nitrogens is 3. The maximum absolute atomic E-state index is 11.8. The van der Waals surface area contributed by atoms with Gasteiger partial charge in [0.05, 0.1) is 18.5 Å². The lowest BCUT2D eigenvalue weighted by Gasteiger charge is -2.44. The highest BCUT2D eigenvalue weighted by Gasteiger charge is 2.33. The Labute approximate surface area is 261 Å². The summed E-state index contributed by atoms with van der Waals surface area (Å²) < 4.78 is 6.06. The maximum atomic E-state index is 11.8. The van der Waals surface area contributed by atoms with Gasteiger partial charge in [-0.05, 0) is 63.6 Å². The van der Waals surface area contributed by atoms with Crippen molar-refractivity contribution in [3.05, 3.63) is 35.0 Å². The average molecular weight is 604 g/mol. The number of likely N-dealkylation sites (tertiary alicyclic amines) is 1. The van der Waals surface area contributed by atoms with Gasteiger partial charge in [0.2, 0.25) is 5.91 Å². The molecule has 2 aliphatic carbocycles. The van der Waals surface area contributed by atoms with Crippen LogP contribution in [0.15, 0.2) is 23.7 Å². The molecule has 0 radical (unpaired) electrons. The Hall–Kier alpha value is -3.44. The first-order chi connectivity index (χ1) is 21.2. The van der Waals surface area contributed by atoms with Crippen molar-refractivity contribution in [2.75, 3.05) is 64.5 Å². The van der Waals surface area contributed by atoms with Gasteiger partial charge in [-0.1, -0.05) is 13.8 Å². The Morgan fingerprint density at radius 1 is 1.07 bits per heavy atom. The Morgan fingerprint density at radius 2 is 1.82 bits per heavy atom. The molecule has 3 atom stereocenters. The molecule has 6 rings (SSSR count). The minimum atomic E-state index is -0.227. The van der Waals surface area contributed by atoms with Crippen molar-refractivity contribution < 1.29 is 9.53 Å². The van der Waals surface area contributed by atoms with Crippen LogP contribution in [0.4, 0.5) is 11.6 Å². The third-order valence-electron chi connectivity index (χ3n) is 10.3. The first-order valence-electron chi connectivity index (χ1n) is 16.4. The molecule has 11 nitrogen and oxygen atoms in total. The topological polar surface area (TPSA) is 139 Å². The summed E-state index contributed by atoms with van der Waals surface area (Å²) in [6.07, 6.45) is 10.3. The van der Waals surface area contributed by atoms with Crippen molar-refractivity contribution in [1.29, 1.82) is 0 Å². The molecule has 3 unspecified atom stereocenters. The molecule has 5 N–H and O–H groups in total. The number of nitrogens with one attached hydrogen (secondary N) is 1. The van der Waals surface area contributed by atoms with Gasteiger partial charge in [0.25, 0.3) is 0 Å². The fraction of sp³-hybridized carbons (Fsp3) is 0.636. The molecule has 4 heterocycles. The highest BCUT2D eigenvalue weighted by atomic mass is 16.5. The monoisotopic (exact) mass is 603 g/mol. The average Bonchev–Trinajstić information content (AvgIpc) is 3.50. The number of methoxy groups -OCH3 is 1. The molecule has 1 amide bonds. The van der Waals surface area contributed by atoms with Crippen molar-refractivity contribution in [1.82, 2.24) is 29.7 Å². The van der Waals surface area contributed by atoms with Crippen molar-refractivity contribution in [2.24, 2.45) is 17.6 Å². The second kappa shape index (κ2) is 12.9. The number of carbonyl (C=O) groups excluding carboxylic acids is 1. The van der Waals surface area contributed by atoms with Gasteiger partial charge in [-0.25, -0.2) is 15.0 Å². The number of likely N-dealkylation sites (N-methyl/N-ethyl adjacent to an activating group) is 1. The second-order valence-corrected chi connectivity index (χ2v) is 13.2. The predicted octanol–water partition coefficient (Wildman–Crippen LogP) is 3.23. The highest BCUT2D eigenvalue weighted by molar-refractivity contribution is 5.95. The number of aryl methyl sites for hydroxylation is 1. The zero-order valence-corrected chi connectivity index (χ0v) is 26.8. The van der Waals surface area contributed by atoms with Crippen LogP contribution in [0, 0.1) is 11.8 Å². The zero-order chi connectivity index (χ0) is 31.0. The van der Waals surface area contributed by atoms with Crippen LogP contribution >= 0.6 is 0 Å². The molecule has 44 heavy (non-hydrogen) atoms. The van der Waals surface area contributed by atoms with E-state index in [0.717, 1.165) is 79.4 Å². The number of anilines is 2. The van der Waals surface area contributed by atoms with Crippen LogP contribution in [0.1, 0.15) is 63.6 Å². The number of piperazine rings is 1. The summed E-state index contributed by atoms with van der Waals surface area (Å²) in [4.78, 5) is 34.1. The van der Waals surface area contributed by atoms with Gasteiger partial charge in [-0.2, -0.15) is 0 Å². The molecular weight excluding hydrogens is 554 g/mol. The summed E-state index contributed by atoms with van der Waals surface area (Å²) >= 11 is 0. The van der Waals surface area contributed by atoms with E-state index in [1.165, 1.54) is 31.6 Å². The van der Waals surface area contributed by atoms with Gasteiger partial charge in [-0.3, -0.25) is 9.69 Å². The molecule has 2 aromatic heterocycles. The number of allylic oxidation sites excluding steroid dienone is 3. The van der Waals surface area contributed by atoms with E-state index in [4.69, 9.17) is 26.2 Å². The highest BCUT2D eigenvalue weighted by Crippen LogP contribution is 2.40. The Bertz CT molecular complexity index is 1440. The number of fused-ring (bicyclic) bond motifs is 1. The molecule has 0 spiro atoms. The number of carbonyl (C=O) groups is 1. The van der Waals surface area contributed by atoms with Crippen molar-refractivity contribution in [2.45, 2.75) is 70.9 Å². The third-order valence-corrected chi connectivity index (χ3v) is 10.3. The second-order valence-electron chi connectivity index (χ2n) is 13.2. The van der Waals surface area contributed by atoms with Gasteiger partial charge < -0.3 is 31.3 Å². The largest absolute Gasteiger partial charge is 0.495 e. The van der Waals surface area contributed by atoms with Crippen LogP contribution in [0.3, 0.4) is 0 Å². The Morgan fingerprint density at radius 3 is 2.48 bits per heavy atom. The van der Waals surface area contributed by atoms with Crippen molar-refractivity contribution in [3.63, 3.8) is 0 Å². The Balaban J connectivity index is 1.27. The van der Waals surface area contributed by atoms with E-state index in [1.54, 1.807) is 7.11 Å². The fourth-order valence-electron chi connectivity index (χ4n) is 7.69. The first-order valence-corrected chi connectivity index (χ1v) is 16.4. The lowest BCUT2D eigenvalue weighted by atomic mass is 9.86. The van der Waals surface area contributed by atoms with Crippen LogP contribution in [0.5, 0.6) is 0 Å². The first kappa shape index (κ1) is 30.6. The van der Waals surface area contributed by atoms with Crippen LogP contribution in [-0.4, -0.2) is 101 Å². The van der Waals surface area contributed by atoms with E-state index in [0.29, 0.717) is 30.2 Å². The number of amides is 1. The number of nitrogens with zero attached hydrogens (tertiary/aromatic N) is 6. The van der Waals surface area contributed by atoms with Crippen LogP contribution in [0.25, 0.3) is 16.6 Å². The zero-order valence-electron chi connectivity index (χ0n) is 26.8. The van der Waals surface area contributed by atoms with E-state index in [9.17, 15) is 4.79 Å². The quantitative estimate of drug-likeness (QED) is 0.412. The number of primary amides is 1. The fourth-order valence-corrected chi connectivity index (χ4v) is 7.69. The molecule has 1 saturated carbocycles. The van der Waals surface area contributed by atoms with Crippen molar-refractivity contribution >= 4 is 34.1 Å². The van der Waals surface area contributed by atoms with Gasteiger partial charge in [0.15, 0.2) is 5.82 Å². The maximum Gasteiger partial charge on any atom is 0.220 e. The van der Waals surface area contributed by atoms with Crippen LogP contribution in [-0.2, 0) is 16.0 Å². The van der Waals surface area contributed by atoms with E-state index in [1.807, 2.05) is 6.20 Å². The summed E-state index contributed by atoms with van der Waals surface area (Å²) in [7, 11) is 3.99. The normalized spacial score (nSPS) is 25.9. The third kappa shape index (κ3) is 6.08. The molecule has 0 bridgehead atoms. The van der Waals surface area contributed by atoms with E-state index in [2.05, 4.69) is 52.0 Å². The molecule has 11 heteroatoms. The number of rotatable bonds is 8. The molecule has 4 aliphatic rings. The van der Waals surface area contributed by atoms with Crippen LogP contribution < -0.4 is 16.8 Å². The number of pyridine rings is 1. The van der Waals surface area contributed by atoms with Gasteiger partial charge in [0, 0.05) is 74.9 Å². The molecule has 2 aliphatic heterocycles. The van der Waals surface area contributed by atoms with Gasteiger partial charge in [0.1, 0.15) is 22.6 Å². The van der Waals surface area contributed by atoms with Crippen molar-refractivity contribution in [3.8, 4) is 0 Å². The standard InChI is InChI=1S/C33H49N9O2/c1-5-26-33(37-23-7-6-21(17-23)32(35)43)39-28-25(19-36-31(34)29(28)38-26)22-16-20(2)30(27(18-22)44-4)42-10-8-24(9-11-42)41-14-12-40(3)13-15-41/h18-21,23-24H,5-17H2,1-4H3,(H2,34,36)(H2,35,43)(H,37,39). The van der Waals surface area contributed by atoms with Gasteiger partial charge >= 0.3 is 0 Å². The number of hydrogen-bond donors (Lipinski definition) is 3. The summed E-state index contributed by atoms with van der Waals surface area (Å²) in [5, 5.41) is 3.59. The predicted molar refractivity (Wildman–Crippen MR) is 175 cm³/mol. The minimum absolute atomic E-state index is 0.0960. The summed E-state index contributed by atoms with van der Waals surface area (Å²) in [6.45, 7) is 11.1. The number of ether oxygens (including phenoxy) is 1. The molecular formula is C33H49N9O2. The molecule has 238 valence electrons. The Kier molecular flexibility index (Phi) is 8.96. The van der Waals surface area contributed by atoms with Gasteiger partial charge in [-0.15, -0.1) is 0 Å². The summed E-state index contributed by atoms with van der Waals surface area (Å²) in [5.74, 6) is 2.00. The molecule has 3 fully saturated rings. The van der Waals surface area contributed by atoms with E-state index in [-0.39, 0.29) is 23.8 Å². The molecule has 0 aromatic carbocycles. The summed E-state index contributed by atoms with van der Waals surface area (Å²) in [5.41, 5.74) is 17.5. The molecule has 2 saturated heterocycles. The number of hydrogen-bond acceptors (Lipinski definition) is 10. The number of nitrogens with two attached hydrogens (primary N) is 2. The lowest BCUT2D eigenvalue weighted by molar-refractivity contribution is -0.121.